The van der Waals surface area contributed by atoms with Crippen molar-refractivity contribution in [3.8, 4) is 11.1 Å². The summed E-state index contributed by atoms with van der Waals surface area (Å²) in [5.41, 5.74) is 10.8. The Labute approximate surface area is 661 Å². The number of amides is 10. The number of nitrogens with zero attached hydrogens (tertiary/aromatic N) is 7. The first-order valence-electron chi connectivity index (χ1n) is 38.8. The predicted octanol–water partition coefficient (Wildman–Crippen LogP) is 8.46. The highest BCUT2D eigenvalue weighted by molar-refractivity contribution is 7.22. The summed E-state index contributed by atoms with van der Waals surface area (Å²) < 4.78 is 37.8. The van der Waals surface area contributed by atoms with Crippen molar-refractivity contribution in [2.24, 2.45) is 22.5 Å². The van der Waals surface area contributed by atoms with Crippen molar-refractivity contribution in [2.75, 3.05) is 115 Å². The van der Waals surface area contributed by atoms with E-state index in [-0.39, 0.29) is 132 Å². The molecule has 2 saturated carbocycles. The predicted molar refractivity (Wildman–Crippen MR) is 423 cm³/mol. The highest BCUT2D eigenvalue weighted by atomic mass is 32.1. The molecule has 2 aliphatic carbocycles. The van der Waals surface area contributed by atoms with Crippen LogP contribution in [0.25, 0.3) is 21.3 Å². The van der Waals surface area contributed by atoms with Gasteiger partial charge in [0.15, 0.2) is 10.8 Å². The number of nitrogens with two attached hydrogens (primary N) is 1. The third kappa shape index (κ3) is 23.9. The molecule has 4 aliphatic rings. The maximum Gasteiger partial charge on any atom is 0.409 e. The monoisotopic (exact) mass is 1580 g/mol. The first kappa shape index (κ1) is 85.2. The van der Waals surface area contributed by atoms with Gasteiger partial charge in [-0.05, 0) is 147 Å². The average molecular weight is 1580 g/mol. The molecule has 0 saturated heterocycles. The van der Waals surface area contributed by atoms with E-state index in [9.17, 15) is 53.1 Å². The third-order valence-electron chi connectivity index (χ3n) is 21.0. The number of ether oxygens (including phenoxy) is 6. The van der Waals surface area contributed by atoms with Gasteiger partial charge in [0.2, 0.25) is 23.6 Å². The van der Waals surface area contributed by atoms with E-state index in [0.29, 0.717) is 84.8 Å². The van der Waals surface area contributed by atoms with E-state index in [1.54, 1.807) is 51.4 Å². The summed E-state index contributed by atoms with van der Waals surface area (Å²) in [7, 11) is 1.67. The van der Waals surface area contributed by atoms with Gasteiger partial charge in [-0.3, -0.25) is 48.5 Å². The topological polar surface area (TPSA) is 398 Å². The number of fused-ring (bicyclic) bond motifs is 4. The van der Waals surface area contributed by atoms with Gasteiger partial charge in [0.1, 0.15) is 24.5 Å². The van der Waals surface area contributed by atoms with E-state index in [4.69, 9.17) is 44.2 Å². The van der Waals surface area contributed by atoms with Crippen LogP contribution in [0.15, 0.2) is 97.2 Å². The number of anilines is 3. The Morgan fingerprint density at radius 3 is 2.19 bits per heavy atom. The summed E-state index contributed by atoms with van der Waals surface area (Å²) >= 11 is 1.41. The molecule has 3 aromatic heterocycles. The molecule has 31 nitrogen and oxygen atoms in total. The first-order chi connectivity index (χ1) is 54.3. The number of carbonyl (C=O) groups excluding carboxylic acids is 9. The molecule has 10 amide bonds. The number of carbonyl (C=O) groups is 10. The molecule has 32 heteroatoms. The Morgan fingerprint density at radius 2 is 1.48 bits per heavy atom. The molecule has 3 unspecified atom stereocenters. The molecule has 3 aromatic carbocycles. The molecule has 608 valence electrons. The number of nitrogens with one attached hydrogen (secondary N) is 6. The van der Waals surface area contributed by atoms with E-state index >= 15 is 0 Å². The quantitative estimate of drug-likeness (QED) is 0.0131. The lowest BCUT2D eigenvalue weighted by Gasteiger charge is -2.58. The highest BCUT2D eigenvalue weighted by Gasteiger charge is 2.56. The van der Waals surface area contributed by atoms with Crippen molar-refractivity contribution in [1.29, 1.82) is 0 Å². The number of aromatic carboxylic acids is 1. The molecular weight excluding hydrogens is 1470 g/mol. The molecule has 113 heavy (non-hydrogen) atoms. The number of benzene rings is 3. The lowest BCUT2D eigenvalue weighted by atomic mass is 9.51. The number of carboxylic acid groups (broad SMARTS) is 1. The van der Waals surface area contributed by atoms with Gasteiger partial charge >= 0.3 is 18.1 Å². The summed E-state index contributed by atoms with van der Waals surface area (Å²) in [6.07, 6.45) is 12.0. The van der Waals surface area contributed by atoms with Crippen LogP contribution in [0.5, 0.6) is 0 Å². The third-order valence-corrected chi connectivity index (χ3v) is 21.9. The fourth-order valence-corrected chi connectivity index (χ4v) is 16.6. The number of pyridine rings is 1. The first-order valence-corrected chi connectivity index (χ1v) is 39.6. The Hall–Kier alpha value is -10.2. The van der Waals surface area contributed by atoms with Crippen LogP contribution in [0.3, 0.4) is 0 Å². The fraction of sp³-hybridized carbons (Fsp3) is 0.519. The van der Waals surface area contributed by atoms with E-state index in [1.807, 2.05) is 71.1 Å². The molecule has 9 N–H and O–H groups in total. The average Bonchev–Trinajstić information content (AvgIpc) is 1.52. The van der Waals surface area contributed by atoms with Crippen molar-refractivity contribution in [3.63, 3.8) is 0 Å². The van der Waals surface area contributed by atoms with Gasteiger partial charge in [0.25, 0.3) is 17.7 Å². The Balaban J connectivity index is 0.647. The number of carboxylic acids is 1. The summed E-state index contributed by atoms with van der Waals surface area (Å²) in [6, 6.07) is 21.0. The van der Waals surface area contributed by atoms with Crippen molar-refractivity contribution in [2.45, 2.75) is 155 Å². The number of rotatable bonds is 43. The van der Waals surface area contributed by atoms with Crippen molar-refractivity contribution >= 4 is 97.6 Å². The number of para-hydroxylation sites is 1. The number of aromatic nitrogens is 4. The van der Waals surface area contributed by atoms with Crippen LogP contribution in [0, 0.1) is 23.7 Å². The van der Waals surface area contributed by atoms with Gasteiger partial charge in [-0.15, -0.1) is 0 Å². The second kappa shape index (κ2) is 40.5. The van der Waals surface area contributed by atoms with E-state index in [2.05, 4.69) is 50.7 Å². The molecule has 6 aromatic rings. The normalized spacial score (nSPS) is 18.3. The maximum atomic E-state index is 13.9. The maximum absolute atomic E-state index is 13.9. The lowest BCUT2D eigenvalue weighted by molar-refractivity contribution is -0.174. The summed E-state index contributed by atoms with van der Waals surface area (Å²) in [4.78, 5) is 142. The molecule has 0 radical (unpaired) electrons. The number of primary amides is 1. The number of urea groups is 1. The number of hydrogen-bond donors (Lipinski definition) is 8. The number of likely N-dealkylation sites (N-methyl/N-ethyl adjacent to an activating group) is 1. The van der Waals surface area contributed by atoms with Gasteiger partial charge in [-0.2, -0.15) is 5.10 Å². The van der Waals surface area contributed by atoms with Gasteiger partial charge in [0, 0.05) is 106 Å². The second-order valence-corrected chi connectivity index (χ2v) is 31.1. The molecule has 2 bridgehead atoms. The van der Waals surface area contributed by atoms with Crippen LogP contribution >= 0.6 is 11.3 Å². The Morgan fingerprint density at radius 1 is 0.752 bits per heavy atom. The Bertz CT molecular complexity index is 4330. The fourth-order valence-electron chi connectivity index (χ4n) is 15.7. The SMILES string of the molecule is CCCC1(C)CC2(Cn3ncc(-c4ccc(N5CCc6cccc(C(=O)Nc7nc8ccccc8s7)c6C5)nc4C(=O)O)c3C)CCCC(OCCN(C)C(=O)OCc3ccc(NC(=O)[C@H](CCCNC(N)=O)NC(=O)[C@@H](NC(=O)CCOCCOCCOCCOCCNC(=O)CCN4C(=O)C=CC4=O)C(C)C)cc3)(C1)C2. The van der Waals surface area contributed by atoms with Gasteiger partial charge < -0.3 is 75.6 Å². The minimum atomic E-state index is -1.16. The van der Waals surface area contributed by atoms with Crippen LogP contribution in [0.4, 0.5) is 26.2 Å². The van der Waals surface area contributed by atoms with Gasteiger partial charge in [-0.25, -0.2) is 24.4 Å². The number of thiazole rings is 1. The standard InChI is InChI=1S/C81H106N14O17S/c1-7-29-79(5)49-80(52-95-54(4)60(46-85-95)58-22-23-65(89-71(58)75(103)104)93-34-26-56-13-10-14-59(61(56)47-93)72(100)91-77-88-62-15-8-9-17-64(62)113-77)30-12-31-81(50-79,51-80)112-39-36-92(6)78(106)111-48-55-18-20-57(21-19-55)86-73(101)63(16-11-32-84-76(82)105)87-74(102)70(53(2)3)90-67(97)28-37-107-40-42-109-44-45-110-43-41-108-38-33-83-66(96)27-35-94-68(98)24-25-69(94)99/h8-10,13-15,17-25,46,53,63,70H,7,11-12,16,26-45,47-52H2,1-6H3,(H,83,96)(H,86,101)(H,87,102)(H,90,97)(H,103,104)(H3,82,84,105)(H,88,91,100)/t63-,70-,79?,80?,81?/m0/s1. The van der Waals surface area contributed by atoms with Crippen molar-refractivity contribution < 1.29 is 81.5 Å². The molecule has 2 aliphatic heterocycles. The summed E-state index contributed by atoms with van der Waals surface area (Å²) in [5, 5.41) is 32.8. The van der Waals surface area contributed by atoms with E-state index in [1.165, 1.54) is 28.4 Å². The van der Waals surface area contributed by atoms with Crippen molar-refractivity contribution in [3.05, 3.63) is 131 Å². The minimum absolute atomic E-state index is 0.00390. The molecular formula is C81H106N14O17S. The van der Waals surface area contributed by atoms with Crippen LogP contribution in [-0.4, -0.2) is 211 Å². The lowest BCUT2D eigenvalue weighted by Crippen LogP contribution is -2.55. The largest absolute Gasteiger partial charge is 0.476 e. The molecule has 0 spiro atoms. The zero-order valence-corrected chi connectivity index (χ0v) is 66.1. The summed E-state index contributed by atoms with van der Waals surface area (Å²) in [6.45, 7) is 14.5. The van der Waals surface area contributed by atoms with Gasteiger partial charge in [0.05, 0.1) is 81.5 Å². The number of imide groups is 1. The zero-order valence-electron chi connectivity index (χ0n) is 65.3. The van der Waals surface area contributed by atoms with Crippen LogP contribution in [-0.2, 0) is 83.3 Å². The zero-order chi connectivity index (χ0) is 80.7. The number of hydrogen-bond acceptors (Lipinski definition) is 21. The molecule has 2 fully saturated rings. The van der Waals surface area contributed by atoms with E-state index in [0.717, 1.165) is 83.3 Å². The Kier molecular flexibility index (Phi) is 30.5. The smallest absolute Gasteiger partial charge is 0.409 e. The van der Waals surface area contributed by atoms with Crippen LogP contribution in [0.2, 0.25) is 0 Å². The minimum Gasteiger partial charge on any atom is -0.476 e. The van der Waals surface area contributed by atoms with Gasteiger partial charge in [-0.1, -0.05) is 81.9 Å². The highest BCUT2D eigenvalue weighted by Crippen LogP contribution is 2.61. The van der Waals surface area contributed by atoms with Crippen molar-refractivity contribution in [1.82, 2.24) is 50.8 Å². The van der Waals surface area contributed by atoms with Crippen LogP contribution < -0.4 is 42.5 Å². The molecule has 10 rings (SSSR count). The van der Waals surface area contributed by atoms with Crippen LogP contribution in [0.1, 0.15) is 148 Å². The molecule has 5 heterocycles. The summed E-state index contributed by atoms with van der Waals surface area (Å²) in [5.74, 6) is -4.05. The van der Waals surface area contributed by atoms with E-state index < -0.39 is 65.3 Å². The second-order valence-electron chi connectivity index (χ2n) is 30.1. The molecule has 5 atom stereocenters.